The molecule has 96 heavy (non-hydrogen) atoms. The number of aliphatic hydroxyl groups excluding tert-OH is 3. The van der Waals surface area contributed by atoms with Crippen LogP contribution in [0.25, 0.3) is 0 Å². The van der Waals surface area contributed by atoms with Gasteiger partial charge in [0.05, 0.1) is 50.7 Å². The summed E-state index contributed by atoms with van der Waals surface area (Å²) in [4.78, 5) is 119. The van der Waals surface area contributed by atoms with Crippen LogP contribution in [-0.4, -0.2) is 155 Å². The van der Waals surface area contributed by atoms with Crippen molar-refractivity contribution in [3.8, 4) is 0 Å². The Morgan fingerprint density at radius 1 is 0.521 bits per heavy atom. The summed E-state index contributed by atoms with van der Waals surface area (Å²) in [6, 6.07) is 0. The van der Waals surface area contributed by atoms with Crippen LogP contribution in [-0.2, 0) is 95.4 Å². The Bertz CT molecular complexity index is 2360. The van der Waals surface area contributed by atoms with Gasteiger partial charge in [-0.15, -0.1) is 5.92 Å². The van der Waals surface area contributed by atoms with Crippen molar-refractivity contribution in [3.63, 3.8) is 0 Å². The van der Waals surface area contributed by atoms with E-state index in [1.54, 1.807) is 0 Å². The fraction of sp³-hybridized carbons (Fsp3) is 0.630. The lowest BCUT2D eigenvalue weighted by molar-refractivity contribution is -0.171. The standard InChI is InChI=1S/2C11H17O3.C10H15O3.C8H13O2.C7H9O4.2C6H7O3.C6H9O2.8CH3/c1-2-8-7-11(14-10(8)13)5-3-9(12)4-6-11;1-2-7-5-8-6-9(12)3-4-10(8)14-11(7)13;1-3-8-6-10(13-9(8)11)4-5-12-7(10)2;1-5(2)8-6(3)4-7(9)10-8;1-4-2-6(9)11-5(3-8)7(4)10;1-4-2-6(8)9-3-5(4)7;1-2-4-3-5(7)9-6(4)8;1-5-2-3-8-6(7)4-5;;;;;;;;/h8-9,12H,1-7H2;7-10,12H,1-6H2;7-8H,1,3-6H2,2H3;5-6,8H,3-4H2,1-2H3;4-5,8H,1-3H2;2*4H,1-3H2;5H,1-4H2;8*1H3/q8*-1;8*+1. The van der Waals surface area contributed by atoms with Crippen LogP contribution < -0.4 is 0 Å². The zero-order valence-corrected chi connectivity index (χ0v) is 59.6. The second kappa shape index (κ2) is 46.7. The molecule has 0 radical (unpaired) electrons. The van der Waals surface area contributed by atoms with E-state index in [2.05, 4.69) is 74.3 Å². The first-order valence-electron chi connectivity index (χ1n) is 30.8. The molecule has 3 N–H and O–H groups in total. The molecule has 0 aromatic rings. The second-order valence-corrected chi connectivity index (χ2v) is 24.6. The highest BCUT2D eigenvalue weighted by Gasteiger charge is 2.52. The van der Waals surface area contributed by atoms with E-state index in [1.807, 2.05) is 20.8 Å². The maximum Gasteiger partial charge on any atom is 0.314 e. The lowest BCUT2D eigenvalue weighted by Gasteiger charge is -2.40. The zero-order chi connectivity index (χ0) is 65.6. The number of cyclic esters (lactones) is 6. The van der Waals surface area contributed by atoms with Gasteiger partial charge in [-0.2, -0.15) is 31.6 Å². The molecule has 23 heteroatoms. The van der Waals surface area contributed by atoms with Crippen LogP contribution in [0.1, 0.15) is 156 Å². The number of hydrogen-bond donors (Lipinski definition) is 3. The Kier molecular flexibility index (Phi) is 47.8. The first kappa shape index (κ1) is 98.2. The molecule has 11 fully saturated rings. The van der Waals surface area contributed by atoms with E-state index in [9.17, 15) is 63.0 Å². The minimum atomic E-state index is -0.987. The number of fused-ring (bicyclic) bond motifs is 1. The molecular weight excluding hydrogens is 1240 g/mol. The highest BCUT2D eigenvalue weighted by atomic mass is 16.6. The molecule has 9 saturated heterocycles. The van der Waals surface area contributed by atoms with E-state index in [0.29, 0.717) is 63.6 Å². The molecule has 0 aromatic carbocycles. The quantitative estimate of drug-likeness (QED) is 0.0964. The normalized spacial score (nSPS) is 33.2. The fourth-order valence-corrected chi connectivity index (χ4v) is 11.7. The monoisotopic (exact) mass is 1360 g/mol. The van der Waals surface area contributed by atoms with E-state index in [1.165, 1.54) is 0 Å². The van der Waals surface area contributed by atoms with Crippen molar-refractivity contribution in [2.75, 3.05) is 26.4 Å². The van der Waals surface area contributed by atoms with Gasteiger partial charge in [-0.05, 0) is 83.0 Å². The number of carbonyl (C=O) groups excluding carboxylic acids is 11. The Labute approximate surface area is 577 Å². The van der Waals surface area contributed by atoms with Gasteiger partial charge in [0, 0.05) is 122 Å². The van der Waals surface area contributed by atoms with E-state index in [4.69, 9.17) is 28.8 Å². The van der Waals surface area contributed by atoms with Gasteiger partial charge in [-0.1, -0.05) is 25.7 Å². The van der Waals surface area contributed by atoms with Crippen molar-refractivity contribution in [1.29, 1.82) is 0 Å². The number of aliphatic hydroxyl groups is 3. The Hall–Kier alpha value is -6.43. The van der Waals surface area contributed by atoms with Crippen LogP contribution in [0.2, 0.25) is 0 Å². The molecule has 2 aliphatic carbocycles. The summed E-state index contributed by atoms with van der Waals surface area (Å²) in [5.74, 6) is -2.56. The topological polar surface area (TPSA) is 332 Å². The second-order valence-electron chi connectivity index (χ2n) is 24.6. The molecular formula is C73H118O23. The number of hydrogen-bond acceptors (Lipinski definition) is 23. The van der Waals surface area contributed by atoms with Crippen molar-refractivity contribution in [1.82, 2.24) is 0 Å². The molecule has 11 aliphatic rings. The third-order valence-electron chi connectivity index (χ3n) is 17.3. The summed E-state index contributed by atoms with van der Waals surface area (Å²) in [7, 11) is 0. The van der Waals surface area contributed by atoms with Crippen molar-refractivity contribution in [3.05, 3.63) is 115 Å². The summed E-state index contributed by atoms with van der Waals surface area (Å²) in [6.07, 6.45) is 12.2. The number of carbonyl (C=O) groups is 11. The molecule has 23 nitrogen and oxygen atoms in total. The Balaban J connectivity index is -0.000000327. The van der Waals surface area contributed by atoms with E-state index in [0.717, 1.165) is 77.0 Å². The zero-order valence-electron chi connectivity index (χ0n) is 59.6. The summed E-state index contributed by atoms with van der Waals surface area (Å²) in [5, 5.41) is 27.5. The number of Topliss-reactive ketones (excluding diaryl/α,β-unsaturated/α-hetero) is 2. The van der Waals surface area contributed by atoms with Gasteiger partial charge in [0.15, 0.2) is 6.10 Å². The number of ketones is 2. The summed E-state index contributed by atoms with van der Waals surface area (Å²) in [5.41, 5.74) is -0.571. The third kappa shape index (κ3) is 29.7. The molecule has 0 bridgehead atoms. The fourth-order valence-electron chi connectivity index (χ4n) is 11.7. The molecule has 2 saturated carbocycles. The van der Waals surface area contributed by atoms with Crippen LogP contribution in [0.3, 0.4) is 0 Å². The van der Waals surface area contributed by atoms with Gasteiger partial charge >= 0.3 is 53.7 Å². The van der Waals surface area contributed by atoms with E-state index >= 15 is 0 Å². The molecule has 15 unspecified atom stereocenters. The third-order valence-corrected chi connectivity index (χ3v) is 17.3. The first-order valence-corrected chi connectivity index (χ1v) is 30.8. The van der Waals surface area contributed by atoms with Crippen molar-refractivity contribution < 1.29 is 111 Å². The minimum Gasteiger partial charge on any atom is -0.466 e. The van der Waals surface area contributed by atoms with Crippen LogP contribution in [0, 0.1) is 174 Å². The smallest absolute Gasteiger partial charge is 0.314 e. The summed E-state index contributed by atoms with van der Waals surface area (Å²) < 4.78 is 44.6. The van der Waals surface area contributed by atoms with Crippen molar-refractivity contribution in [2.45, 2.75) is 203 Å². The molecule has 15 atom stereocenters. The number of esters is 9. The van der Waals surface area contributed by atoms with Crippen molar-refractivity contribution >= 4 is 65.3 Å². The lowest BCUT2D eigenvalue weighted by atomic mass is 9.77. The molecule has 0 aromatic heterocycles. The molecule has 9 heterocycles. The van der Waals surface area contributed by atoms with Gasteiger partial charge in [-0.3, -0.25) is 52.7 Å². The van der Waals surface area contributed by atoms with Gasteiger partial charge in [-0.25, -0.2) is 0 Å². The van der Waals surface area contributed by atoms with E-state index in [-0.39, 0.29) is 216 Å². The van der Waals surface area contributed by atoms with Gasteiger partial charge < -0.3 is 113 Å². The Morgan fingerprint density at radius 2 is 1.07 bits per heavy atom. The average molecular weight is 1360 g/mol. The first-order chi connectivity index (χ1) is 41.5. The van der Waals surface area contributed by atoms with Gasteiger partial charge in [0.2, 0.25) is 0 Å². The predicted octanol–water partition coefficient (Wildman–Crippen LogP) is 9.42. The van der Waals surface area contributed by atoms with Crippen LogP contribution in [0.15, 0.2) is 0 Å². The van der Waals surface area contributed by atoms with E-state index < -0.39 is 36.5 Å². The minimum absolute atomic E-state index is 0. The predicted molar refractivity (Wildman–Crippen MR) is 362 cm³/mol. The maximum atomic E-state index is 11.4. The maximum absolute atomic E-state index is 11.4. The Morgan fingerprint density at radius 3 is 1.49 bits per heavy atom. The lowest BCUT2D eigenvalue weighted by Crippen LogP contribution is -2.42. The van der Waals surface area contributed by atoms with Gasteiger partial charge in [0.1, 0.15) is 35.5 Å². The largest absolute Gasteiger partial charge is 0.466 e. The number of ether oxygens (including phenoxy) is 9. The van der Waals surface area contributed by atoms with Gasteiger partial charge in [0.25, 0.3) is 0 Å². The van der Waals surface area contributed by atoms with Crippen LogP contribution in [0.5, 0.6) is 0 Å². The summed E-state index contributed by atoms with van der Waals surface area (Å²) >= 11 is 0. The summed E-state index contributed by atoms with van der Waals surface area (Å²) in [6.45, 7) is 36.1. The highest BCUT2D eigenvalue weighted by molar-refractivity contribution is 5.95. The SMILES string of the molecule is [CH2-]C1CC(=O)OC(CO)C1=O.[CH2-]C1CC(=O)OC1C(C)C.[CH2-]C1CC(=O)OCC1=O.[CH2-]C1CCOC(=O)C1.[CH2-]CC1CC(=O)OC1=O.[CH2-]CC1CC2(CCC(O)CC2)OC1=O.[CH2-]CC1CC2(CCOC2C)OC1=O.[CH2-]CC1CC2CC(O)CCC2OC1=O.[CH3+].[CH3+].[CH3+].[CH3+].[CH3+].[CH3+].[CH3+].[CH3+]. The molecule has 548 valence electrons. The van der Waals surface area contributed by atoms with Crippen LogP contribution in [0.4, 0.5) is 0 Å². The highest BCUT2D eigenvalue weighted by Crippen LogP contribution is 2.44. The average Bonchev–Trinajstić information content (AvgIpc) is 1.61. The van der Waals surface area contributed by atoms with Crippen molar-refractivity contribution in [2.24, 2.45) is 59.2 Å². The molecule has 11 rings (SSSR count). The molecule has 0 amide bonds. The van der Waals surface area contributed by atoms with Crippen LogP contribution >= 0.6 is 0 Å². The number of rotatable bonds is 6. The molecule has 2 spiro atoms. The molecule has 9 aliphatic heterocycles.